The first-order chi connectivity index (χ1) is 8.28. The van der Waals surface area contributed by atoms with Gasteiger partial charge in [0.2, 0.25) is 10.0 Å². The average molecular weight is 278 g/mol. The van der Waals surface area contributed by atoms with Crippen LogP contribution in [0.4, 0.5) is 0 Å². The lowest BCUT2D eigenvalue weighted by Gasteiger charge is -2.19. The van der Waals surface area contributed by atoms with Crippen molar-refractivity contribution in [1.82, 2.24) is 10.0 Å². The minimum atomic E-state index is -3.11. The molecule has 0 saturated heterocycles. The lowest BCUT2D eigenvalue weighted by Crippen LogP contribution is -2.38. The number of rotatable bonds is 10. The molecule has 0 aromatic heterocycles. The SMILES string of the molecule is CCC(C)C(C)NS(=O)(=O)CCCCNC(C)C. The van der Waals surface area contributed by atoms with E-state index in [1.165, 1.54) is 0 Å². The third-order valence-corrected chi connectivity index (χ3v) is 4.81. The molecular weight excluding hydrogens is 248 g/mol. The molecule has 18 heavy (non-hydrogen) atoms. The van der Waals surface area contributed by atoms with Crippen molar-refractivity contribution in [3.05, 3.63) is 0 Å². The van der Waals surface area contributed by atoms with Crippen LogP contribution in [0.2, 0.25) is 0 Å². The standard InChI is InChI=1S/C13H30N2O2S/c1-6-12(4)13(5)15-18(16,17)10-8-7-9-14-11(2)3/h11-15H,6-10H2,1-5H3. The summed E-state index contributed by atoms with van der Waals surface area (Å²) >= 11 is 0. The van der Waals surface area contributed by atoms with Crippen molar-refractivity contribution in [3.8, 4) is 0 Å². The first kappa shape index (κ1) is 17.9. The number of hydrogen-bond donors (Lipinski definition) is 2. The van der Waals surface area contributed by atoms with Gasteiger partial charge >= 0.3 is 0 Å². The largest absolute Gasteiger partial charge is 0.315 e. The highest BCUT2D eigenvalue weighted by molar-refractivity contribution is 7.89. The summed E-state index contributed by atoms with van der Waals surface area (Å²) in [5.74, 6) is 0.607. The van der Waals surface area contributed by atoms with Gasteiger partial charge in [0.15, 0.2) is 0 Å². The molecule has 0 radical (unpaired) electrons. The monoisotopic (exact) mass is 278 g/mol. The van der Waals surface area contributed by atoms with Crippen molar-refractivity contribution in [1.29, 1.82) is 0 Å². The van der Waals surface area contributed by atoms with Gasteiger partial charge in [0.1, 0.15) is 0 Å². The lowest BCUT2D eigenvalue weighted by atomic mass is 10.0. The fraction of sp³-hybridized carbons (Fsp3) is 1.00. The summed E-state index contributed by atoms with van der Waals surface area (Å²) in [5.41, 5.74) is 0. The van der Waals surface area contributed by atoms with Crippen LogP contribution in [0.5, 0.6) is 0 Å². The minimum absolute atomic E-state index is 0.0220. The Hall–Kier alpha value is -0.130. The van der Waals surface area contributed by atoms with E-state index in [1.807, 2.05) is 6.92 Å². The van der Waals surface area contributed by atoms with E-state index in [0.717, 1.165) is 19.4 Å². The molecule has 0 rings (SSSR count). The van der Waals surface area contributed by atoms with Gasteiger partial charge in [0.25, 0.3) is 0 Å². The number of unbranched alkanes of at least 4 members (excludes halogenated alkanes) is 1. The van der Waals surface area contributed by atoms with Crippen LogP contribution < -0.4 is 10.0 Å². The zero-order valence-electron chi connectivity index (χ0n) is 12.5. The summed E-state index contributed by atoms with van der Waals surface area (Å²) < 4.78 is 26.4. The lowest BCUT2D eigenvalue weighted by molar-refractivity contribution is 0.433. The van der Waals surface area contributed by atoms with Gasteiger partial charge in [0.05, 0.1) is 5.75 Å². The van der Waals surface area contributed by atoms with Gasteiger partial charge in [-0.15, -0.1) is 0 Å². The van der Waals surface area contributed by atoms with Crippen LogP contribution in [0, 0.1) is 5.92 Å². The Morgan fingerprint density at radius 1 is 1.06 bits per heavy atom. The molecule has 0 heterocycles. The molecule has 2 atom stereocenters. The van der Waals surface area contributed by atoms with Gasteiger partial charge in [-0.25, -0.2) is 13.1 Å². The van der Waals surface area contributed by atoms with Gasteiger partial charge < -0.3 is 5.32 Å². The van der Waals surface area contributed by atoms with Gasteiger partial charge in [-0.05, 0) is 32.2 Å². The van der Waals surface area contributed by atoms with Gasteiger partial charge in [-0.1, -0.05) is 34.1 Å². The third-order valence-electron chi connectivity index (χ3n) is 3.26. The number of sulfonamides is 1. The molecule has 0 aliphatic heterocycles. The molecule has 2 N–H and O–H groups in total. The normalized spacial score (nSPS) is 15.9. The van der Waals surface area contributed by atoms with Crippen molar-refractivity contribution in [2.45, 2.75) is 66.0 Å². The summed E-state index contributed by atoms with van der Waals surface area (Å²) in [6.45, 7) is 11.1. The number of nitrogens with one attached hydrogen (secondary N) is 2. The Kier molecular flexibility index (Phi) is 8.82. The molecule has 0 fully saturated rings. The maximum Gasteiger partial charge on any atom is 0.211 e. The predicted octanol–water partition coefficient (Wildman–Crippen LogP) is 2.12. The van der Waals surface area contributed by atoms with Crippen LogP contribution in [-0.2, 0) is 10.0 Å². The highest BCUT2D eigenvalue weighted by Crippen LogP contribution is 2.08. The summed E-state index contributed by atoms with van der Waals surface area (Å²) in [5, 5.41) is 3.28. The van der Waals surface area contributed by atoms with Crippen LogP contribution in [-0.4, -0.2) is 32.8 Å². The second-order valence-electron chi connectivity index (χ2n) is 5.43. The van der Waals surface area contributed by atoms with E-state index in [9.17, 15) is 8.42 Å². The maximum absolute atomic E-state index is 11.8. The van der Waals surface area contributed by atoms with E-state index in [4.69, 9.17) is 0 Å². The van der Waals surface area contributed by atoms with Crippen molar-refractivity contribution in [3.63, 3.8) is 0 Å². The zero-order valence-corrected chi connectivity index (χ0v) is 13.3. The van der Waals surface area contributed by atoms with E-state index in [0.29, 0.717) is 18.4 Å². The van der Waals surface area contributed by atoms with Gasteiger partial charge in [-0.3, -0.25) is 0 Å². The molecule has 0 aromatic carbocycles. The van der Waals surface area contributed by atoms with Crippen molar-refractivity contribution < 1.29 is 8.42 Å². The Labute approximate surface area is 113 Å². The smallest absolute Gasteiger partial charge is 0.211 e. The second kappa shape index (κ2) is 8.88. The van der Waals surface area contributed by atoms with Crippen molar-refractivity contribution in [2.24, 2.45) is 5.92 Å². The fourth-order valence-corrected chi connectivity index (χ4v) is 3.12. The third kappa shape index (κ3) is 8.89. The Balaban J connectivity index is 3.87. The van der Waals surface area contributed by atoms with Crippen LogP contribution in [0.15, 0.2) is 0 Å². The highest BCUT2D eigenvalue weighted by Gasteiger charge is 2.17. The number of hydrogen-bond acceptors (Lipinski definition) is 3. The zero-order chi connectivity index (χ0) is 14.2. The first-order valence-electron chi connectivity index (χ1n) is 7.02. The molecular formula is C13H30N2O2S. The average Bonchev–Trinajstić information content (AvgIpc) is 2.26. The Bertz CT molecular complexity index is 302. The summed E-state index contributed by atoms with van der Waals surface area (Å²) in [6, 6.07) is 0.485. The molecule has 0 aliphatic carbocycles. The quantitative estimate of drug-likeness (QED) is 0.602. The second-order valence-corrected chi connectivity index (χ2v) is 7.30. The van der Waals surface area contributed by atoms with E-state index >= 15 is 0 Å². The molecule has 4 nitrogen and oxygen atoms in total. The molecule has 0 aliphatic rings. The van der Waals surface area contributed by atoms with Crippen LogP contribution in [0.25, 0.3) is 0 Å². The fourth-order valence-electron chi connectivity index (χ4n) is 1.62. The van der Waals surface area contributed by atoms with Gasteiger partial charge in [0, 0.05) is 12.1 Å². The summed E-state index contributed by atoms with van der Waals surface area (Å²) in [7, 11) is -3.11. The van der Waals surface area contributed by atoms with E-state index in [2.05, 4.69) is 37.7 Å². The Morgan fingerprint density at radius 3 is 2.17 bits per heavy atom. The van der Waals surface area contributed by atoms with E-state index in [-0.39, 0.29) is 11.8 Å². The predicted molar refractivity (Wildman–Crippen MR) is 78.2 cm³/mol. The molecule has 0 amide bonds. The Morgan fingerprint density at radius 2 is 1.67 bits per heavy atom. The van der Waals surface area contributed by atoms with Crippen LogP contribution in [0.3, 0.4) is 0 Å². The van der Waals surface area contributed by atoms with Gasteiger partial charge in [-0.2, -0.15) is 0 Å². The maximum atomic E-state index is 11.8. The molecule has 110 valence electrons. The molecule has 5 heteroatoms. The first-order valence-corrected chi connectivity index (χ1v) is 8.67. The van der Waals surface area contributed by atoms with Crippen molar-refractivity contribution in [2.75, 3.05) is 12.3 Å². The van der Waals surface area contributed by atoms with E-state index in [1.54, 1.807) is 0 Å². The molecule has 0 bridgehead atoms. The molecule has 0 aromatic rings. The summed E-state index contributed by atoms with van der Waals surface area (Å²) in [6.07, 6.45) is 2.60. The molecule has 0 spiro atoms. The van der Waals surface area contributed by atoms with Crippen molar-refractivity contribution >= 4 is 10.0 Å². The topological polar surface area (TPSA) is 58.2 Å². The summed E-state index contributed by atoms with van der Waals surface area (Å²) in [4.78, 5) is 0. The van der Waals surface area contributed by atoms with E-state index < -0.39 is 10.0 Å². The minimum Gasteiger partial charge on any atom is -0.315 e. The van der Waals surface area contributed by atoms with Crippen LogP contribution >= 0.6 is 0 Å². The molecule has 0 saturated carbocycles. The molecule has 2 unspecified atom stereocenters. The van der Waals surface area contributed by atoms with Crippen LogP contribution in [0.1, 0.15) is 53.9 Å². The highest BCUT2D eigenvalue weighted by atomic mass is 32.2.